The van der Waals surface area contributed by atoms with Gasteiger partial charge in [0.1, 0.15) is 0 Å². The van der Waals surface area contributed by atoms with Crippen LogP contribution in [0.2, 0.25) is 5.28 Å². The summed E-state index contributed by atoms with van der Waals surface area (Å²) in [6.45, 7) is 2.25. The van der Waals surface area contributed by atoms with Crippen LogP contribution < -0.4 is 0 Å². The van der Waals surface area contributed by atoms with E-state index in [1.165, 1.54) is 54.9 Å². The summed E-state index contributed by atoms with van der Waals surface area (Å²) >= 11 is -0.650. The smallest absolute Gasteiger partial charge is 0.321 e. The normalized spacial score (nSPS) is 11.9. The van der Waals surface area contributed by atoms with Crippen LogP contribution in [0.15, 0.2) is 60.7 Å². The van der Waals surface area contributed by atoms with E-state index in [9.17, 15) is 4.79 Å². The first-order chi connectivity index (χ1) is 12.3. The van der Waals surface area contributed by atoms with Crippen LogP contribution in [0.3, 0.4) is 0 Å². The van der Waals surface area contributed by atoms with E-state index in [-0.39, 0.29) is 5.92 Å². The molecule has 1 atom stereocenters. The highest BCUT2D eigenvalue weighted by atomic mass is 27.1. The first-order valence-corrected chi connectivity index (χ1v) is 11.6. The number of benzene rings is 2. The first-order valence-electron chi connectivity index (χ1n) is 9.93. The zero-order valence-corrected chi connectivity index (χ0v) is 17.0. The van der Waals surface area contributed by atoms with Crippen molar-refractivity contribution in [1.82, 2.24) is 0 Å². The van der Waals surface area contributed by atoms with Crippen molar-refractivity contribution in [3.05, 3.63) is 71.8 Å². The van der Waals surface area contributed by atoms with Crippen LogP contribution in [0, 0.1) is 0 Å². The van der Waals surface area contributed by atoms with Gasteiger partial charge >= 0.3 is 15.2 Å². The molecule has 1 nitrogen and oxygen atoms in total. The van der Waals surface area contributed by atoms with Crippen molar-refractivity contribution in [3.63, 3.8) is 0 Å². The van der Waals surface area contributed by atoms with Crippen molar-refractivity contribution in [1.29, 1.82) is 0 Å². The topological polar surface area (TPSA) is 17.1 Å². The van der Waals surface area contributed by atoms with Gasteiger partial charge in [-0.3, -0.25) is 0 Å². The second kappa shape index (κ2) is 12.1. The quantitative estimate of drug-likeness (QED) is 0.351. The van der Waals surface area contributed by atoms with Gasteiger partial charge in [0.15, 0.2) is 0 Å². The standard InChI is InChI=1S/C15H13O.C8H17.Al.H/c16-12-15(14-9-5-2-6-10-14)11-13-7-3-1-4-8-13;1-3-5-7-8-6-4-2;;/h1-10,15H,11H2;1,3-8H2,2H3;;. The molecule has 0 aliphatic heterocycles. The van der Waals surface area contributed by atoms with Crippen LogP contribution in [0.1, 0.15) is 62.5 Å². The number of rotatable bonds is 12. The van der Waals surface area contributed by atoms with E-state index in [0.717, 1.165) is 6.42 Å². The van der Waals surface area contributed by atoms with E-state index in [2.05, 4.69) is 55.5 Å². The van der Waals surface area contributed by atoms with Crippen molar-refractivity contribution >= 4 is 19.9 Å². The Morgan fingerprint density at radius 1 is 0.840 bits per heavy atom. The van der Waals surface area contributed by atoms with E-state index in [1.54, 1.807) is 0 Å². The minimum atomic E-state index is -0.650. The molecule has 0 amide bonds. The van der Waals surface area contributed by atoms with Gasteiger partial charge in [0.05, 0.1) is 4.65 Å². The minimum absolute atomic E-state index is 0.0513. The average Bonchev–Trinajstić information content (AvgIpc) is 2.67. The summed E-state index contributed by atoms with van der Waals surface area (Å²) in [6, 6.07) is 20.8. The Balaban J connectivity index is 1.88. The van der Waals surface area contributed by atoms with Crippen LogP contribution in [-0.2, 0) is 11.2 Å². The zero-order chi connectivity index (χ0) is 17.7. The Morgan fingerprint density at radius 2 is 1.44 bits per heavy atom. The maximum atomic E-state index is 12.9. The molecule has 0 saturated carbocycles. The minimum Gasteiger partial charge on any atom is -0.321 e. The molecule has 0 aliphatic carbocycles. The van der Waals surface area contributed by atoms with Gasteiger partial charge in [0.2, 0.25) is 0 Å². The molecule has 0 aromatic heterocycles. The Morgan fingerprint density at radius 3 is 2.12 bits per heavy atom. The maximum Gasteiger partial charge on any atom is 0.343 e. The van der Waals surface area contributed by atoms with Crippen molar-refractivity contribution in [2.24, 2.45) is 0 Å². The average molecular weight is 350 g/mol. The summed E-state index contributed by atoms with van der Waals surface area (Å²) in [5.74, 6) is 0.0513. The van der Waals surface area contributed by atoms with E-state index < -0.39 is 15.2 Å². The second-order valence-electron chi connectivity index (χ2n) is 6.99. The Hall–Kier alpha value is -1.36. The molecule has 2 aromatic rings. The predicted molar refractivity (Wildman–Crippen MR) is 110 cm³/mol. The molecule has 0 bridgehead atoms. The summed E-state index contributed by atoms with van der Waals surface area (Å²) in [4.78, 5) is 12.9. The molecule has 2 aromatic carbocycles. The molecule has 0 spiro atoms. The highest BCUT2D eigenvalue weighted by Gasteiger charge is 2.21. The van der Waals surface area contributed by atoms with Gasteiger partial charge in [-0.05, 0) is 17.5 Å². The molecule has 0 aliphatic rings. The molecule has 1 unspecified atom stereocenters. The van der Waals surface area contributed by atoms with Crippen molar-refractivity contribution in [2.45, 2.75) is 63.1 Å². The third-order valence-corrected chi connectivity index (χ3v) is 6.74. The van der Waals surface area contributed by atoms with Crippen LogP contribution in [-0.4, -0.2) is 19.9 Å². The third kappa shape index (κ3) is 7.59. The van der Waals surface area contributed by atoms with Gasteiger partial charge in [0.25, 0.3) is 0 Å². The fourth-order valence-electron chi connectivity index (χ4n) is 3.38. The lowest BCUT2D eigenvalue weighted by Crippen LogP contribution is -2.21. The SMILES string of the molecule is CCCCCCC[CH2][AlH][C](=O)C(Cc1ccccc1)c1ccccc1. The second-order valence-corrected chi connectivity index (χ2v) is 8.89. The summed E-state index contributed by atoms with van der Waals surface area (Å²) in [5.41, 5.74) is 2.45. The van der Waals surface area contributed by atoms with Gasteiger partial charge in [-0.15, -0.1) is 0 Å². The van der Waals surface area contributed by atoms with Gasteiger partial charge in [0, 0.05) is 5.92 Å². The number of unbranched alkanes of at least 4 members (excludes halogenated alkanes) is 5. The van der Waals surface area contributed by atoms with Gasteiger partial charge in [-0.1, -0.05) is 111 Å². The molecule has 0 heterocycles. The van der Waals surface area contributed by atoms with E-state index in [4.69, 9.17) is 0 Å². The summed E-state index contributed by atoms with van der Waals surface area (Å²) in [7, 11) is 0. The molecule has 2 rings (SSSR count). The van der Waals surface area contributed by atoms with E-state index in [1.807, 2.05) is 12.1 Å². The largest absolute Gasteiger partial charge is 0.343 e. The molecule has 0 fully saturated rings. The van der Waals surface area contributed by atoms with E-state index >= 15 is 0 Å². The highest BCUT2D eigenvalue weighted by molar-refractivity contribution is 6.74. The number of carbonyl (C=O) groups is 1. The van der Waals surface area contributed by atoms with Crippen LogP contribution in [0.5, 0.6) is 0 Å². The fourth-order valence-corrected chi connectivity index (χ4v) is 5.06. The van der Waals surface area contributed by atoms with Crippen LogP contribution in [0.4, 0.5) is 0 Å². The number of hydrogen-bond donors (Lipinski definition) is 0. The first kappa shape index (κ1) is 20.0. The summed E-state index contributed by atoms with van der Waals surface area (Å²) in [6.07, 6.45) is 8.72. The summed E-state index contributed by atoms with van der Waals surface area (Å²) < 4.78 is 0.531. The third-order valence-electron chi connectivity index (χ3n) is 4.90. The molecule has 0 saturated heterocycles. The predicted octanol–water partition coefficient (Wildman–Crippen LogP) is 5.75. The maximum absolute atomic E-state index is 12.9. The van der Waals surface area contributed by atoms with Gasteiger partial charge in [-0.2, -0.15) is 0 Å². The molecule has 0 N–H and O–H groups in total. The Labute approximate surface area is 159 Å². The van der Waals surface area contributed by atoms with Crippen molar-refractivity contribution in [2.75, 3.05) is 0 Å². The summed E-state index contributed by atoms with van der Waals surface area (Å²) in [5, 5.41) is 1.17. The lowest BCUT2D eigenvalue weighted by Gasteiger charge is -2.17. The molecule has 25 heavy (non-hydrogen) atoms. The lowest BCUT2D eigenvalue weighted by atomic mass is 9.93. The fraction of sp³-hybridized carbons (Fsp3) is 0.435. The number of carbonyl (C=O) groups excluding carboxylic acids is 1. The molecule has 0 radical (unpaired) electrons. The molecule has 132 valence electrons. The van der Waals surface area contributed by atoms with Crippen LogP contribution >= 0.6 is 0 Å². The van der Waals surface area contributed by atoms with Crippen molar-refractivity contribution in [3.8, 4) is 0 Å². The molecular weight excluding hydrogens is 319 g/mol. The highest BCUT2D eigenvalue weighted by Crippen LogP contribution is 2.22. The lowest BCUT2D eigenvalue weighted by molar-refractivity contribution is -0.113. The van der Waals surface area contributed by atoms with Crippen molar-refractivity contribution < 1.29 is 4.79 Å². The van der Waals surface area contributed by atoms with Gasteiger partial charge in [-0.25, -0.2) is 0 Å². The van der Waals surface area contributed by atoms with E-state index in [0.29, 0.717) is 4.65 Å². The Kier molecular flexibility index (Phi) is 9.64. The number of hydrogen-bond acceptors (Lipinski definition) is 1. The zero-order valence-electron chi connectivity index (χ0n) is 15.6. The molecular formula is C23H31AlO. The Bertz CT molecular complexity index is 594. The van der Waals surface area contributed by atoms with Gasteiger partial charge < -0.3 is 4.79 Å². The monoisotopic (exact) mass is 350 g/mol. The van der Waals surface area contributed by atoms with Crippen LogP contribution in [0.25, 0.3) is 0 Å². The molecule has 2 heteroatoms.